The summed E-state index contributed by atoms with van der Waals surface area (Å²) in [6, 6.07) is 6.43. The van der Waals surface area contributed by atoms with Crippen molar-refractivity contribution in [2.45, 2.75) is 37.3 Å². The fourth-order valence-electron chi connectivity index (χ4n) is 1.97. The molecule has 5 N–H and O–H groups in total. The zero-order valence-electron chi connectivity index (χ0n) is 10.7. The molecular formula is C13H18O7. The molecule has 1 saturated heterocycles. The number of aliphatic hydroxyl groups is 5. The van der Waals surface area contributed by atoms with Gasteiger partial charge in [-0.1, -0.05) is 12.1 Å². The summed E-state index contributed by atoms with van der Waals surface area (Å²) in [5.74, 6) is 0.367. The number of hydrogen-bond donors (Lipinski definition) is 5. The van der Waals surface area contributed by atoms with E-state index in [0.717, 1.165) is 0 Å². The molecule has 5 atom stereocenters. The molecule has 1 aliphatic heterocycles. The molecule has 0 aromatic heterocycles. The average molecular weight is 286 g/mol. The minimum absolute atomic E-state index is 0.0969. The van der Waals surface area contributed by atoms with E-state index in [9.17, 15) is 15.3 Å². The van der Waals surface area contributed by atoms with Crippen LogP contribution in [0.2, 0.25) is 0 Å². The maximum Gasteiger partial charge on any atom is 0.229 e. The largest absolute Gasteiger partial charge is 0.462 e. The average Bonchev–Trinajstić information content (AvgIpc) is 2.48. The van der Waals surface area contributed by atoms with Gasteiger partial charge in [0, 0.05) is 0 Å². The molecular weight excluding hydrogens is 268 g/mol. The summed E-state index contributed by atoms with van der Waals surface area (Å²) in [4.78, 5) is 0. The molecule has 2 rings (SSSR count). The molecule has 1 aromatic rings. The van der Waals surface area contributed by atoms with Gasteiger partial charge in [0.15, 0.2) is 0 Å². The van der Waals surface area contributed by atoms with Gasteiger partial charge in [-0.15, -0.1) is 0 Å². The van der Waals surface area contributed by atoms with Gasteiger partial charge in [-0.2, -0.15) is 0 Å². The highest BCUT2D eigenvalue weighted by molar-refractivity contribution is 5.27. The number of aliphatic hydroxyl groups excluding tert-OH is 5. The van der Waals surface area contributed by atoms with E-state index in [4.69, 9.17) is 19.7 Å². The maximum atomic E-state index is 9.80. The Hall–Kier alpha value is -1.22. The summed E-state index contributed by atoms with van der Waals surface area (Å²) in [5.41, 5.74) is 0.700. The van der Waals surface area contributed by atoms with Crippen molar-refractivity contribution >= 4 is 0 Å². The lowest BCUT2D eigenvalue weighted by atomic mass is 9.99. The SMILES string of the molecule is OCc1ccc(OC2OC(CO)C(O)C(O)C2O)cc1. The minimum atomic E-state index is -1.47. The first-order chi connectivity index (χ1) is 9.56. The van der Waals surface area contributed by atoms with Crippen LogP contribution in [-0.2, 0) is 11.3 Å². The van der Waals surface area contributed by atoms with E-state index in [0.29, 0.717) is 11.3 Å². The van der Waals surface area contributed by atoms with Gasteiger partial charge < -0.3 is 35.0 Å². The van der Waals surface area contributed by atoms with Gasteiger partial charge in [0.2, 0.25) is 6.29 Å². The monoisotopic (exact) mass is 286 g/mol. The van der Waals surface area contributed by atoms with Crippen molar-refractivity contribution in [1.29, 1.82) is 0 Å². The normalized spacial score (nSPS) is 34.0. The Kier molecular flexibility index (Phi) is 4.92. The molecule has 20 heavy (non-hydrogen) atoms. The van der Waals surface area contributed by atoms with Crippen LogP contribution in [0, 0.1) is 0 Å². The van der Waals surface area contributed by atoms with Crippen LogP contribution >= 0.6 is 0 Å². The Balaban J connectivity index is 2.06. The van der Waals surface area contributed by atoms with Gasteiger partial charge in [-0.25, -0.2) is 0 Å². The van der Waals surface area contributed by atoms with Gasteiger partial charge in [0.05, 0.1) is 13.2 Å². The Bertz CT molecular complexity index is 419. The first-order valence-electron chi connectivity index (χ1n) is 6.23. The van der Waals surface area contributed by atoms with E-state index in [2.05, 4.69) is 0 Å². The highest BCUT2D eigenvalue weighted by Crippen LogP contribution is 2.24. The fraction of sp³-hybridized carbons (Fsp3) is 0.538. The lowest BCUT2D eigenvalue weighted by Crippen LogP contribution is -2.60. The van der Waals surface area contributed by atoms with Crippen molar-refractivity contribution in [1.82, 2.24) is 0 Å². The van der Waals surface area contributed by atoms with Crippen molar-refractivity contribution in [3.8, 4) is 5.75 Å². The first-order valence-corrected chi connectivity index (χ1v) is 6.23. The lowest BCUT2D eigenvalue weighted by molar-refractivity contribution is -0.277. The number of hydrogen-bond acceptors (Lipinski definition) is 7. The summed E-state index contributed by atoms with van der Waals surface area (Å²) < 4.78 is 10.6. The summed E-state index contributed by atoms with van der Waals surface area (Å²) in [5, 5.41) is 47.0. The molecule has 0 radical (unpaired) electrons. The smallest absolute Gasteiger partial charge is 0.229 e. The molecule has 1 aromatic carbocycles. The Morgan fingerprint density at radius 3 is 2.15 bits per heavy atom. The summed E-state index contributed by atoms with van der Waals surface area (Å²) in [6.45, 7) is -0.603. The molecule has 5 unspecified atom stereocenters. The van der Waals surface area contributed by atoms with Gasteiger partial charge in [-0.05, 0) is 17.7 Å². The van der Waals surface area contributed by atoms with Gasteiger partial charge >= 0.3 is 0 Å². The molecule has 0 amide bonds. The quantitative estimate of drug-likeness (QED) is 0.450. The van der Waals surface area contributed by atoms with Crippen molar-refractivity contribution < 1.29 is 35.0 Å². The summed E-state index contributed by atoms with van der Waals surface area (Å²) in [6.07, 6.45) is -6.53. The number of benzene rings is 1. The molecule has 0 aliphatic carbocycles. The van der Waals surface area contributed by atoms with Crippen LogP contribution in [0.1, 0.15) is 5.56 Å². The second kappa shape index (κ2) is 6.49. The highest BCUT2D eigenvalue weighted by atomic mass is 16.7. The Morgan fingerprint density at radius 2 is 1.60 bits per heavy atom. The highest BCUT2D eigenvalue weighted by Gasteiger charge is 2.44. The third kappa shape index (κ3) is 3.09. The molecule has 1 heterocycles. The van der Waals surface area contributed by atoms with Crippen molar-refractivity contribution in [3.63, 3.8) is 0 Å². The van der Waals surface area contributed by atoms with Crippen molar-refractivity contribution in [2.75, 3.05) is 6.61 Å². The van der Waals surface area contributed by atoms with Crippen LogP contribution in [-0.4, -0.2) is 62.8 Å². The third-order valence-corrected chi connectivity index (χ3v) is 3.21. The van der Waals surface area contributed by atoms with Crippen molar-refractivity contribution in [3.05, 3.63) is 29.8 Å². The van der Waals surface area contributed by atoms with E-state index >= 15 is 0 Å². The molecule has 0 saturated carbocycles. The molecule has 1 fully saturated rings. The second-order valence-electron chi connectivity index (χ2n) is 4.62. The minimum Gasteiger partial charge on any atom is -0.462 e. The first kappa shape index (κ1) is 15.2. The molecule has 7 nitrogen and oxygen atoms in total. The number of rotatable bonds is 4. The topological polar surface area (TPSA) is 120 Å². The predicted molar refractivity (Wildman–Crippen MR) is 66.8 cm³/mol. The van der Waals surface area contributed by atoms with Crippen LogP contribution in [0.5, 0.6) is 5.75 Å². The van der Waals surface area contributed by atoms with Gasteiger partial charge in [-0.3, -0.25) is 0 Å². The molecule has 112 valence electrons. The molecule has 0 spiro atoms. The maximum absolute atomic E-state index is 9.80. The standard InChI is InChI=1S/C13H18O7/c14-5-7-1-3-8(4-2-7)19-13-12(18)11(17)10(16)9(6-15)20-13/h1-4,9-18H,5-6H2. The summed E-state index contributed by atoms with van der Waals surface area (Å²) >= 11 is 0. The van der Waals surface area contributed by atoms with E-state index in [1.54, 1.807) is 24.3 Å². The van der Waals surface area contributed by atoms with Crippen LogP contribution in [0.4, 0.5) is 0 Å². The van der Waals surface area contributed by atoms with Crippen LogP contribution in [0.15, 0.2) is 24.3 Å². The zero-order valence-corrected chi connectivity index (χ0v) is 10.7. The van der Waals surface area contributed by atoms with Crippen LogP contribution in [0.3, 0.4) is 0 Å². The fourth-order valence-corrected chi connectivity index (χ4v) is 1.97. The molecule has 1 aliphatic rings. The lowest BCUT2D eigenvalue weighted by Gasteiger charge is -2.39. The van der Waals surface area contributed by atoms with E-state index in [1.807, 2.05) is 0 Å². The van der Waals surface area contributed by atoms with Crippen LogP contribution < -0.4 is 4.74 Å². The summed E-state index contributed by atoms with van der Waals surface area (Å²) in [7, 11) is 0. The van der Waals surface area contributed by atoms with Crippen LogP contribution in [0.25, 0.3) is 0 Å². The molecule has 0 bridgehead atoms. The third-order valence-electron chi connectivity index (χ3n) is 3.21. The zero-order chi connectivity index (χ0) is 14.7. The molecule has 7 heteroatoms. The van der Waals surface area contributed by atoms with E-state index < -0.39 is 37.3 Å². The second-order valence-corrected chi connectivity index (χ2v) is 4.62. The Labute approximate surface area is 115 Å². The van der Waals surface area contributed by atoms with Gasteiger partial charge in [0.25, 0.3) is 0 Å². The van der Waals surface area contributed by atoms with E-state index in [-0.39, 0.29) is 6.61 Å². The number of ether oxygens (including phenoxy) is 2. The van der Waals surface area contributed by atoms with Crippen molar-refractivity contribution in [2.24, 2.45) is 0 Å². The Morgan fingerprint density at radius 1 is 0.950 bits per heavy atom. The van der Waals surface area contributed by atoms with E-state index in [1.165, 1.54) is 0 Å². The van der Waals surface area contributed by atoms with Gasteiger partial charge in [0.1, 0.15) is 30.2 Å². The predicted octanol–water partition coefficient (Wildman–Crippen LogP) is -1.64.